The molecule has 1 spiro atoms. The van der Waals surface area contributed by atoms with Crippen LogP contribution in [0.2, 0.25) is 0 Å². The Hall–Kier alpha value is -1.58. The SMILES string of the molecule is C=C[C@@]1(C)CC(=O)[C@@]23O[C@@H](c4cccs4)O[C@H]4CCC(C)(C)[C@H]([C@H](O)[C@H](OC(C)=O)[C@@]2(C)O1)[C@]43C. The van der Waals surface area contributed by atoms with Crippen molar-refractivity contribution < 1.29 is 33.6 Å². The van der Waals surface area contributed by atoms with E-state index in [1.54, 1.807) is 19.9 Å². The summed E-state index contributed by atoms with van der Waals surface area (Å²) in [5.41, 5.74) is -5.35. The van der Waals surface area contributed by atoms with E-state index in [1.165, 1.54) is 18.3 Å². The molecule has 2 saturated carbocycles. The number of carbonyl (C=O) groups is 2. The Kier molecular flexibility index (Phi) is 5.53. The lowest BCUT2D eigenvalue weighted by molar-refractivity contribution is -0.443. The standard InChI is InChI=1S/C27H36O7S/c1-8-24(5)14-17(29)27-25(6)18(32-22(33-27)16-10-9-13-35-16)11-12-23(3,4)20(25)19(30)21(31-15(2)28)26(27,7)34-24/h8-10,13,18-22,30H,1,11-12,14H2,2-7H3/t18-,19-,20-,21-,22-,24-,25-,26+,27-/m0/s1. The normalized spacial score (nSPS) is 48.4. The second-order valence-corrected chi connectivity index (χ2v) is 12.9. The van der Waals surface area contributed by atoms with Crippen molar-refractivity contribution in [3.8, 4) is 0 Å². The van der Waals surface area contributed by atoms with Crippen LogP contribution in [0.1, 0.15) is 72.0 Å². The molecule has 3 heterocycles. The van der Waals surface area contributed by atoms with E-state index in [-0.39, 0.29) is 23.7 Å². The first-order valence-corrected chi connectivity index (χ1v) is 13.2. The molecule has 4 fully saturated rings. The zero-order chi connectivity index (χ0) is 25.6. The molecule has 0 unspecified atom stereocenters. The molecule has 4 aliphatic rings. The van der Waals surface area contributed by atoms with Crippen molar-refractivity contribution in [2.75, 3.05) is 0 Å². The minimum atomic E-state index is -1.53. The van der Waals surface area contributed by atoms with E-state index in [0.29, 0.717) is 6.42 Å². The maximum Gasteiger partial charge on any atom is 0.303 e. The summed E-state index contributed by atoms with van der Waals surface area (Å²) in [6, 6.07) is 3.85. The maximum atomic E-state index is 14.5. The quantitative estimate of drug-likeness (QED) is 0.484. The fourth-order valence-electron chi connectivity index (χ4n) is 8.02. The number of thiophene rings is 1. The Morgan fingerprint density at radius 1 is 1.29 bits per heavy atom. The number of ether oxygens (including phenoxy) is 4. The zero-order valence-electron chi connectivity index (χ0n) is 21.3. The molecule has 1 aromatic rings. The molecule has 8 heteroatoms. The van der Waals surface area contributed by atoms with Gasteiger partial charge in [0.1, 0.15) is 5.60 Å². The summed E-state index contributed by atoms with van der Waals surface area (Å²) in [5, 5.41) is 13.9. The lowest BCUT2D eigenvalue weighted by Crippen LogP contribution is -2.88. The molecule has 7 nitrogen and oxygen atoms in total. The van der Waals surface area contributed by atoms with Crippen molar-refractivity contribution in [2.45, 2.75) is 102 Å². The first-order valence-electron chi connectivity index (χ1n) is 12.3. The highest BCUT2D eigenvalue weighted by Crippen LogP contribution is 2.71. The molecule has 5 rings (SSSR count). The van der Waals surface area contributed by atoms with Gasteiger partial charge in [-0.25, -0.2) is 0 Å². The fraction of sp³-hybridized carbons (Fsp3) is 0.704. The van der Waals surface area contributed by atoms with Crippen LogP contribution in [0.15, 0.2) is 30.2 Å². The van der Waals surface area contributed by atoms with Crippen LogP contribution in [-0.4, -0.2) is 52.0 Å². The van der Waals surface area contributed by atoms with Crippen LogP contribution < -0.4 is 0 Å². The number of aliphatic hydroxyl groups excluding tert-OH is 1. The largest absolute Gasteiger partial charge is 0.457 e. The van der Waals surface area contributed by atoms with Crippen LogP contribution >= 0.6 is 11.3 Å². The van der Waals surface area contributed by atoms with Gasteiger partial charge in [-0.3, -0.25) is 9.59 Å². The third-order valence-electron chi connectivity index (χ3n) is 9.28. The number of hydrogen-bond acceptors (Lipinski definition) is 8. The molecule has 1 aromatic heterocycles. The van der Waals surface area contributed by atoms with Gasteiger partial charge in [0, 0.05) is 24.7 Å². The first-order chi connectivity index (χ1) is 16.3. The van der Waals surface area contributed by atoms with Crippen molar-refractivity contribution in [1.82, 2.24) is 0 Å². The Balaban J connectivity index is 1.81. The summed E-state index contributed by atoms with van der Waals surface area (Å²) >= 11 is 1.50. The highest BCUT2D eigenvalue weighted by atomic mass is 32.1. The van der Waals surface area contributed by atoms with E-state index in [4.69, 9.17) is 18.9 Å². The van der Waals surface area contributed by atoms with Crippen molar-refractivity contribution >= 4 is 23.1 Å². The van der Waals surface area contributed by atoms with E-state index < -0.39 is 52.6 Å². The molecule has 0 aromatic carbocycles. The average molecular weight is 505 g/mol. The van der Waals surface area contributed by atoms with E-state index in [2.05, 4.69) is 20.4 Å². The van der Waals surface area contributed by atoms with E-state index in [0.717, 1.165) is 11.3 Å². The summed E-state index contributed by atoms with van der Waals surface area (Å²) in [6.45, 7) is 14.9. The van der Waals surface area contributed by atoms with E-state index >= 15 is 0 Å². The highest BCUT2D eigenvalue weighted by molar-refractivity contribution is 7.10. The Morgan fingerprint density at radius 3 is 2.60 bits per heavy atom. The van der Waals surface area contributed by atoms with Gasteiger partial charge in [-0.2, -0.15) is 0 Å². The molecule has 0 amide bonds. The highest BCUT2D eigenvalue weighted by Gasteiger charge is 2.84. The number of hydrogen-bond donors (Lipinski definition) is 1. The molecule has 9 atom stereocenters. The molecule has 192 valence electrons. The zero-order valence-corrected chi connectivity index (χ0v) is 22.1. The topological polar surface area (TPSA) is 91.3 Å². The van der Waals surface area contributed by atoms with Crippen molar-refractivity contribution in [1.29, 1.82) is 0 Å². The Labute approximate surface area is 210 Å². The van der Waals surface area contributed by atoms with Gasteiger partial charge in [0.15, 0.2) is 23.8 Å². The number of esters is 1. The van der Waals surface area contributed by atoms with Crippen LogP contribution in [0.4, 0.5) is 0 Å². The van der Waals surface area contributed by atoms with Crippen molar-refractivity contribution in [3.63, 3.8) is 0 Å². The number of rotatable bonds is 3. The first kappa shape index (κ1) is 25.1. The summed E-state index contributed by atoms with van der Waals surface area (Å²) in [7, 11) is 0. The summed E-state index contributed by atoms with van der Waals surface area (Å²) < 4.78 is 26.0. The van der Waals surface area contributed by atoms with E-state index in [9.17, 15) is 14.7 Å². The second-order valence-electron chi connectivity index (χ2n) is 11.9. The van der Waals surface area contributed by atoms with Crippen LogP contribution in [0.5, 0.6) is 0 Å². The number of aliphatic hydroxyl groups is 1. The minimum Gasteiger partial charge on any atom is -0.457 e. The number of ketones is 1. The van der Waals surface area contributed by atoms with Crippen LogP contribution in [0, 0.1) is 16.7 Å². The second kappa shape index (κ2) is 7.71. The van der Waals surface area contributed by atoms with E-state index in [1.807, 2.05) is 24.4 Å². The van der Waals surface area contributed by atoms with Gasteiger partial charge in [-0.1, -0.05) is 32.9 Å². The molecule has 2 aliphatic carbocycles. The predicted molar refractivity (Wildman–Crippen MR) is 130 cm³/mol. The summed E-state index contributed by atoms with van der Waals surface area (Å²) in [6.07, 6.45) is -0.205. The van der Waals surface area contributed by atoms with Gasteiger partial charge < -0.3 is 24.1 Å². The lowest BCUT2D eigenvalue weighted by atomic mass is 9.39. The number of carbonyl (C=O) groups excluding carboxylic acids is 2. The monoisotopic (exact) mass is 504 g/mol. The molecule has 0 bridgehead atoms. The number of Topliss-reactive ketones (excluding diaryl/α,β-unsaturated/α-hetero) is 1. The molecule has 1 N–H and O–H groups in total. The van der Waals surface area contributed by atoms with Gasteiger partial charge >= 0.3 is 5.97 Å². The van der Waals surface area contributed by atoms with Gasteiger partial charge in [-0.05, 0) is 43.6 Å². The van der Waals surface area contributed by atoms with Gasteiger partial charge in [-0.15, -0.1) is 17.9 Å². The molecular weight excluding hydrogens is 468 g/mol. The van der Waals surface area contributed by atoms with Crippen LogP contribution in [-0.2, 0) is 28.5 Å². The molecule has 35 heavy (non-hydrogen) atoms. The third kappa shape index (κ3) is 3.10. The van der Waals surface area contributed by atoms with Crippen molar-refractivity contribution in [2.24, 2.45) is 16.7 Å². The van der Waals surface area contributed by atoms with Crippen molar-refractivity contribution in [3.05, 3.63) is 35.0 Å². The molecule has 2 aliphatic heterocycles. The van der Waals surface area contributed by atoms with Gasteiger partial charge in [0.25, 0.3) is 0 Å². The summed E-state index contributed by atoms with van der Waals surface area (Å²) in [5.74, 6) is -1.14. The third-order valence-corrected chi connectivity index (χ3v) is 10.2. The predicted octanol–water partition coefficient (Wildman–Crippen LogP) is 4.34. The van der Waals surface area contributed by atoms with Crippen LogP contribution in [0.25, 0.3) is 0 Å². The molecular formula is C27H36O7S. The van der Waals surface area contributed by atoms with Gasteiger partial charge in [0.2, 0.25) is 0 Å². The fourth-order valence-corrected chi connectivity index (χ4v) is 8.71. The van der Waals surface area contributed by atoms with Crippen LogP contribution in [0.3, 0.4) is 0 Å². The van der Waals surface area contributed by atoms with Gasteiger partial charge in [0.05, 0.1) is 22.7 Å². The Bertz CT molecular complexity index is 1050. The smallest absolute Gasteiger partial charge is 0.303 e. The average Bonchev–Trinajstić information content (AvgIpc) is 3.29. The summed E-state index contributed by atoms with van der Waals surface area (Å²) in [4.78, 5) is 27.7. The Morgan fingerprint density at radius 2 is 2.00 bits per heavy atom. The minimum absolute atomic E-state index is 0.0571. The lowest BCUT2D eigenvalue weighted by Gasteiger charge is -2.74. The maximum absolute atomic E-state index is 14.5. The molecule has 2 saturated heterocycles. The molecule has 0 radical (unpaired) electrons.